The Kier molecular flexibility index (Phi) is 4.91. The highest BCUT2D eigenvalue weighted by molar-refractivity contribution is 6.33. The number of nitrogens with zero attached hydrogens (tertiary/aromatic N) is 4. The van der Waals surface area contributed by atoms with E-state index in [1.165, 1.54) is 0 Å². The fourth-order valence-electron chi connectivity index (χ4n) is 5.43. The zero-order valence-corrected chi connectivity index (χ0v) is 19.4. The first kappa shape index (κ1) is 21.8. The van der Waals surface area contributed by atoms with Crippen LogP contribution in [-0.2, 0) is 11.2 Å². The molecule has 34 heavy (non-hydrogen) atoms. The highest BCUT2D eigenvalue weighted by Gasteiger charge is 2.61. The molecule has 0 amide bonds. The molecule has 1 aliphatic heterocycles. The number of nitrogens with two attached hydrogens (primary N) is 2. The van der Waals surface area contributed by atoms with Gasteiger partial charge >= 0.3 is 0 Å². The van der Waals surface area contributed by atoms with Crippen LogP contribution in [0.4, 0.5) is 11.6 Å². The fourth-order valence-corrected chi connectivity index (χ4v) is 5.76. The maximum absolute atomic E-state index is 11.4. The van der Waals surface area contributed by atoms with Crippen LogP contribution >= 0.6 is 23.2 Å². The minimum absolute atomic E-state index is 0.000979. The number of benzene rings is 1. The largest absolute Gasteiger partial charge is 0.385 e. The molecule has 0 unspecified atom stereocenters. The molecule has 0 bridgehead atoms. The van der Waals surface area contributed by atoms with Crippen molar-refractivity contribution in [3.63, 3.8) is 0 Å². The number of aromatic nitrogens is 4. The fraction of sp³-hybridized carbons (Fsp3) is 0.348. The van der Waals surface area contributed by atoms with Crippen molar-refractivity contribution in [1.29, 1.82) is 0 Å². The van der Waals surface area contributed by atoms with Crippen molar-refractivity contribution in [2.45, 2.75) is 43.3 Å². The van der Waals surface area contributed by atoms with Crippen molar-refractivity contribution in [3.8, 4) is 0 Å². The first-order valence-electron chi connectivity index (χ1n) is 10.9. The summed E-state index contributed by atoms with van der Waals surface area (Å²) >= 11 is 12.1. The second kappa shape index (κ2) is 7.66. The number of ether oxygens (including phenoxy) is 1. The molecule has 9 nitrogen and oxygen atoms in total. The van der Waals surface area contributed by atoms with Crippen LogP contribution in [0.2, 0.25) is 10.3 Å². The maximum atomic E-state index is 11.4. The van der Waals surface area contributed by atoms with E-state index in [4.69, 9.17) is 39.4 Å². The van der Waals surface area contributed by atoms with E-state index in [9.17, 15) is 10.2 Å². The van der Waals surface area contributed by atoms with Crippen LogP contribution in [0, 0.1) is 5.92 Å². The van der Waals surface area contributed by atoms with Gasteiger partial charge in [0.1, 0.15) is 29.0 Å². The molecular weight excluding hydrogens is 479 g/mol. The van der Waals surface area contributed by atoms with E-state index >= 15 is 0 Å². The molecule has 1 saturated carbocycles. The average Bonchev–Trinajstić information content (AvgIpc) is 3.42. The minimum Gasteiger partial charge on any atom is -0.385 e. The summed E-state index contributed by atoms with van der Waals surface area (Å²) in [4.78, 5) is 12.6. The summed E-state index contributed by atoms with van der Waals surface area (Å²) in [6.07, 6.45) is 0.967. The van der Waals surface area contributed by atoms with Gasteiger partial charge in [0, 0.05) is 11.6 Å². The lowest BCUT2D eigenvalue weighted by Gasteiger charge is -2.26. The van der Waals surface area contributed by atoms with Gasteiger partial charge in [-0.25, -0.2) is 9.97 Å². The SMILES string of the molecule is Nc1nc2cc(C[C@@H]3CC[C@@]4(O)[C@@H]3O[C@@H](n3ccc5c(N)nc(Cl)nc53)[C@@H]4O)ccc2cc1Cl. The molecule has 4 heterocycles. The van der Waals surface area contributed by atoms with Gasteiger partial charge in [-0.3, -0.25) is 0 Å². The molecule has 0 radical (unpaired) electrons. The van der Waals surface area contributed by atoms with Gasteiger partial charge in [0.25, 0.3) is 0 Å². The van der Waals surface area contributed by atoms with Gasteiger partial charge in [-0.2, -0.15) is 4.98 Å². The summed E-state index contributed by atoms with van der Waals surface area (Å²) < 4.78 is 7.96. The maximum Gasteiger partial charge on any atom is 0.226 e. The molecule has 5 atom stereocenters. The van der Waals surface area contributed by atoms with Crippen LogP contribution in [0.25, 0.3) is 21.9 Å². The first-order chi connectivity index (χ1) is 16.2. The third-order valence-electron chi connectivity index (χ3n) is 7.11. The van der Waals surface area contributed by atoms with E-state index in [1.807, 2.05) is 18.2 Å². The highest BCUT2D eigenvalue weighted by Crippen LogP contribution is 2.50. The van der Waals surface area contributed by atoms with Crippen molar-refractivity contribution in [3.05, 3.63) is 52.4 Å². The van der Waals surface area contributed by atoms with Crippen LogP contribution in [-0.4, -0.2) is 47.5 Å². The molecule has 176 valence electrons. The van der Waals surface area contributed by atoms with Crippen molar-refractivity contribution in [2.24, 2.45) is 5.92 Å². The zero-order chi connectivity index (χ0) is 23.8. The van der Waals surface area contributed by atoms with Crippen LogP contribution in [0.3, 0.4) is 0 Å². The number of halogens is 2. The number of rotatable bonds is 3. The molecule has 4 aromatic rings. The number of pyridine rings is 1. The second-order valence-electron chi connectivity index (χ2n) is 9.11. The summed E-state index contributed by atoms with van der Waals surface area (Å²) in [5.41, 5.74) is 12.7. The first-order valence-corrected chi connectivity index (χ1v) is 11.7. The normalized spacial score (nSPS) is 28.7. The number of fused-ring (bicyclic) bond motifs is 3. The van der Waals surface area contributed by atoms with Crippen LogP contribution in [0.1, 0.15) is 24.6 Å². The quantitative estimate of drug-likeness (QED) is 0.314. The molecular formula is C23H22Cl2N6O3. The lowest BCUT2D eigenvalue weighted by atomic mass is 9.90. The van der Waals surface area contributed by atoms with E-state index in [0.29, 0.717) is 35.3 Å². The van der Waals surface area contributed by atoms with Crippen molar-refractivity contribution >= 4 is 56.8 Å². The second-order valence-corrected chi connectivity index (χ2v) is 9.85. The highest BCUT2D eigenvalue weighted by atomic mass is 35.5. The van der Waals surface area contributed by atoms with Crippen LogP contribution in [0.5, 0.6) is 0 Å². The summed E-state index contributed by atoms with van der Waals surface area (Å²) in [7, 11) is 0. The Balaban J connectivity index is 1.30. The van der Waals surface area contributed by atoms with E-state index < -0.39 is 24.0 Å². The molecule has 2 aliphatic rings. The lowest BCUT2D eigenvalue weighted by Crippen LogP contribution is -2.45. The van der Waals surface area contributed by atoms with Gasteiger partial charge in [0.2, 0.25) is 5.28 Å². The Morgan fingerprint density at radius 2 is 1.94 bits per heavy atom. The predicted octanol–water partition coefficient (Wildman–Crippen LogP) is 3.09. The van der Waals surface area contributed by atoms with Gasteiger partial charge in [-0.1, -0.05) is 23.7 Å². The summed E-state index contributed by atoms with van der Waals surface area (Å²) in [6.45, 7) is 0. The van der Waals surface area contributed by atoms with Crippen molar-refractivity contribution in [2.75, 3.05) is 11.5 Å². The van der Waals surface area contributed by atoms with Gasteiger partial charge in [0.05, 0.1) is 22.0 Å². The predicted molar refractivity (Wildman–Crippen MR) is 129 cm³/mol. The number of aliphatic hydroxyl groups excluding tert-OH is 1. The topological polar surface area (TPSA) is 145 Å². The van der Waals surface area contributed by atoms with Crippen LogP contribution in [0.15, 0.2) is 36.5 Å². The van der Waals surface area contributed by atoms with Gasteiger partial charge in [0.15, 0.2) is 6.23 Å². The van der Waals surface area contributed by atoms with Gasteiger partial charge < -0.3 is 31.0 Å². The molecule has 0 spiro atoms. The summed E-state index contributed by atoms with van der Waals surface area (Å²) in [5, 5.41) is 24.5. The molecule has 2 fully saturated rings. The monoisotopic (exact) mass is 500 g/mol. The molecule has 6 N–H and O–H groups in total. The van der Waals surface area contributed by atoms with Crippen LogP contribution < -0.4 is 11.5 Å². The number of hydrogen-bond acceptors (Lipinski definition) is 8. The van der Waals surface area contributed by atoms with E-state index in [-0.39, 0.29) is 22.8 Å². The Bertz CT molecular complexity index is 1450. The third-order valence-corrected chi connectivity index (χ3v) is 7.59. The Labute approximate surface area is 204 Å². The van der Waals surface area contributed by atoms with Crippen molar-refractivity contribution < 1.29 is 14.9 Å². The number of hydrogen-bond donors (Lipinski definition) is 4. The van der Waals surface area contributed by atoms with E-state index in [2.05, 4.69) is 15.0 Å². The summed E-state index contributed by atoms with van der Waals surface area (Å²) in [5.74, 6) is 0.525. The van der Waals surface area contributed by atoms with Crippen molar-refractivity contribution in [1.82, 2.24) is 19.5 Å². The molecule has 11 heteroatoms. The Hall–Kier alpha value is -2.69. The lowest BCUT2D eigenvalue weighted by molar-refractivity contribution is -0.0675. The molecule has 1 aliphatic carbocycles. The summed E-state index contributed by atoms with van der Waals surface area (Å²) in [6, 6.07) is 9.48. The Morgan fingerprint density at radius 1 is 1.12 bits per heavy atom. The number of aliphatic hydroxyl groups is 2. The third kappa shape index (κ3) is 3.23. The average molecular weight is 501 g/mol. The number of nitrogen functional groups attached to an aromatic ring is 2. The Morgan fingerprint density at radius 3 is 2.76 bits per heavy atom. The minimum atomic E-state index is -1.37. The van der Waals surface area contributed by atoms with E-state index in [1.54, 1.807) is 22.9 Å². The molecule has 6 rings (SSSR count). The van der Waals surface area contributed by atoms with E-state index in [0.717, 1.165) is 16.5 Å². The molecule has 1 aromatic carbocycles. The molecule has 1 saturated heterocycles. The molecule has 3 aromatic heterocycles. The zero-order valence-electron chi connectivity index (χ0n) is 17.9. The van der Waals surface area contributed by atoms with Gasteiger partial charge in [-0.05, 0) is 60.5 Å². The smallest absolute Gasteiger partial charge is 0.226 e. The number of anilines is 2. The standard InChI is InChI=1S/C23H22Cl2N6O3/c24-14-9-11-2-1-10(8-15(11)28-19(14)27)7-12-3-5-23(33)16(32)21(34-17(12)23)31-6-4-13-18(26)29-22(25)30-20(13)31/h1-2,4,6,8-9,12,16-17,21,32-33H,3,5,7H2,(H2,27,28)(H2,26,29,30)/t12-,16-,17+,21+,23-/m0/s1. The van der Waals surface area contributed by atoms with Gasteiger partial charge in [-0.15, -0.1) is 0 Å².